The summed E-state index contributed by atoms with van der Waals surface area (Å²) in [6, 6.07) is 19.4. The van der Waals surface area contributed by atoms with Crippen LogP contribution < -0.4 is 9.62 Å². The van der Waals surface area contributed by atoms with E-state index in [-0.39, 0.29) is 11.1 Å². The van der Waals surface area contributed by atoms with E-state index in [2.05, 4.69) is 101 Å². The fraction of sp³-hybridized carbons (Fsp3) is 0.485. The van der Waals surface area contributed by atoms with Gasteiger partial charge in [-0.05, 0) is 114 Å². The van der Waals surface area contributed by atoms with Gasteiger partial charge in [0.2, 0.25) is 0 Å². The lowest BCUT2D eigenvalue weighted by molar-refractivity contribution is -0.0101. The van der Waals surface area contributed by atoms with Crippen LogP contribution in [0.4, 0.5) is 5.69 Å². The zero-order valence-electron chi connectivity index (χ0n) is 25.0. The summed E-state index contributed by atoms with van der Waals surface area (Å²) in [6.07, 6.45) is 3.11. The van der Waals surface area contributed by atoms with E-state index in [0.717, 1.165) is 49.2 Å². The van der Waals surface area contributed by atoms with Crippen LogP contribution in [-0.4, -0.2) is 30.8 Å². The Bertz CT molecular complexity index is 1300. The van der Waals surface area contributed by atoms with Gasteiger partial charge in [0.05, 0.1) is 5.60 Å². The summed E-state index contributed by atoms with van der Waals surface area (Å²) < 4.78 is 15.6. The molecule has 0 saturated heterocycles. The van der Waals surface area contributed by atoms with E-state index in [1.165, 1.54) is 28.4 Å². The summed E-state index contributed by atoms with van der Waals surface area (Å²) in [5, 5.41) is 12.3. The molecule has 0 unspecified atom stereocenters. The number of nitrogens with zero attached hydrogens (tertiary/aromatic N) is 2. The smallest absolute Gasteiger partial charge is 0.134 e. The van der Waals surface area contributed by atoms with Crippen molar-refractivity contribution in [1.29, 1.82) is 5.26 Å². The van der Waals surface area contributed by atoms with E-state index in [1.807, 2.05) is 19.1 Å². The maximum absolute atomic E-state index is 9.87. The lowest BCUT2D eigenvalue weighted by Crippen LogP contribution is -2.36. The van der Waals surface area contributed by atoms with Gasteiger partial charge < -0.3 is 14.1 Å². The van der Waals surface area contributed by atoms with Crippen molar-refractivity contribution in [2.75, 3.05) is 24.6 Å². The predicted molar refractivity (Wildman–Crippen MR) is 168 cm³/mol. The zero-order chi connectivity index (χ0) is 28.6. The number of benzene rings is 2. The minimum atomic E-state index is -0.193. The Morgan fingerprint density at radius 1 is 0.974 bits per heavy atom. The summed E-state index contributed by atoms with van der Waals surface area (Å²) in [5.41, 5.74) is 2.77. The highest BCUT2D eigenvalue weighted by molar-refractivity contribution is 8.01. The first kappa shape index (κ1) is 30.8. The van der Waals surface area contributed by atoms with E-state index < -0.39 is 0 Å². The molecule has 0 radical (unpaired) electrons. The van der Waals surface area contributed by atoms with Gasteiger partial charge in [-0.1, -0.05) is 32.0 Å². The second-order valence-electron chi connectivity index (χ2n) is 11.8. The van der Waals surface area contributed by atoms with Crippen LogP contribution >= 0.6 is 11.9 Å². The minimum absolute atomic E-state index is 0.160. The van der Waals surface area contributed by atoms with Crippen molar-refractivity contribution in [2.24, 2.45) is 0 Å². The van der Waals surface area contributed by atoms with E-state index in [9.17, 15) is 5.26 Å². The van der Waals surface area contributed by atoms with E-state index >= 15 is 0 Å². The molecule has 3 rings (SSSR count). The van der Waals surface area contributed by atoms with Crippen LogP contribution in [0.2, 0.25) is 0 Å². The van der Waals surface area contributed by atoms with Gasteiger partial charge in [-0.3, -0.25) is 4.72 Å². The van der Waals surface area contributed by atoms with Gasteiger partial charge in [-0.15, -0.1) is 0 Å². The lowest BCUT2D eigenvalue weighted by Gasteiger charge is -2.28. The molecule has 0 atom stereocenters. The SMILES string of the molecule is CCCN(CCC)c1ccc2cc(-c3ccc(/C(C)=C(\C#N)SNC(C)(C)CCOC(C)(C)C)o3)ccc2c1. The molecule has 0 saturated carbocycles. The van der Waals surface area contributed by atoms with Gasteiger partial charge in [0.1, 0.15) is 22.5 Å². The Kier molecular flexibility index (Phi) is 10.7. The molecular formula is C33H45N3O2S. The number of fused-ring (bicyclic) bond motifs is 1. The van der Waals surface area contributed by atoms with E-state index in [4.69, 9.17) is 9.15 Å². The fourth-order valence-corrected chi connectivity index (χ4v) is 5.11. The highest BCUT2D eigenvalue weighted by atomic mass is 32.2. The Balaban J connectivity index is 1.74. The molecule has 1 heterocycles. The molecule has 6 heteroatoms. The van der Waals surface area contributed by atoms with Crippen LogP contribution in [0.25, 0.3) is 27.7 Å². The number of allylic oxidation sites excluding steroid dienone is 2. The van der Waals surface area contributed by atoms with Crippen LogP contribution in [0.5, 0.6) is 0 Å². The molecule has 3 aromatic rings. The van der Waals surface area contributed by atoms with Gasteiger partial charge >= 0.3 is 0 Å². The maximum atomic E-state index is 9.87. The van der Waals surface area contributed by atoms with Crippen LogP contribution in [0, 0.1) is 11.3 Å². The zero-order valence-corrected chi connectivity index (χ0v) is 25.8. The number of anilines is 1. The molecule has 0 aliphatic rings. The first-order chi connectivity index (χ1) is 18.5. The first-order valence-electron chi connectivity index (χ1n) is 14.0. The number of furan rings is 1. The third kappa shape index (κ3) is 8.89. The fourth-order valence-electron chi connectivity index (χ4n) is 4.34. The Hall–Kier alpha value is -2.72. The van der Waals surface area contributed by atoms with Crippen molar-refractivity contribution >= 4 is 34.0 Å². The molecule has 0 bridgehead atoms. The van der Waals surface area contributed by atoms with Crippen molar-refractivity contribution in [3.05, 3.63) is 59.2 Å². The summed E-state index contributed by atoms with van der Waals surface area (Å²) in [6.45, 7) is 19.6. The third-order valence-electron chi connectivity index (χ3n) is 6.57. The van der Waals surface area contributed by atoms with Crippen molar-refractivity contribution in [3.63, 3.8) is 0 Å². The molecule has 39 heavy (non-hydrogen) atoms. The lowest BCUT2D eigenvalue weighted by atomic mass is 10.0. The molecule has 0 fully saturated rings. The molecule has 0 aliphatic carbocycles. The van der Waals surface area contributed by atoms with Gasteiger partial charge in [0.15, 0.2) is 0 Å². The molecule has 0 amide bonds. The summed E-state index contributed by atoms with van der Waals surface area (Å²) in [4.78, 5) is 3.05. The summed E-state index contributed by atoms with van der Waals surface area (Å²) >= 11 is 1.36. The highest BCUT2D eigenvalue weighted by Gasteiger charge is 2.21. The number of nitrogens with one attached hydrogen (secondary N) is 1. The molecule has 1 aromatic heterocycles. The van der Waals surface area contributed by atoms with E-state index in [0.29, 0.717) is 17.3 Å². The van der Waals surface area contributed by atoms with Crippen LogP contribution in [0.3, 0.4) is 0 Å². The van der Waals surface area contributed by atoms with Crippen LogP contribution in [0.15, 0.2) is 57.9 Å². The van der Waals surface area contributed by atoms with E-state index in [1.54, 1.807) is 0 Å². The van der Waals surface area contributed by atoms with Crippen molar-refractivity contribution < 1.29 is 9.15 Å². The quantitative estimate of drug-likeness (QED) is 0.170. The Morgan fingerprint density at radius 3 is 2.28 bits per heavy atom. The number of rotatable bonds is 13. The van der Waals surface area contributed by atoms with Crippen molar-refractivity contribution in [3.8, 4) is 17.4 Å². The van der Waals surface area contributed by atoms with Crippen molar-refractivity contribution in [1.82, 2.24) is 4.72 Å². The van der Waals surface area contributed by atoms with Crippen molar-refractivity contribution in [2.45, 2.75) is 85.8 Å². The number of ether oxygens (including phenoxy) is 1. The summed E-state index contributed by atoms with van der Waals surface area (Å²) in [7, 11) is 0. The molecular weight excluding hydrogens is 502 g/mol. The van der Waals surface area contributed by atoms with Crippen LogP contribution in [0.1, 0.15) is 80.4 Å². The first-order valence-corrected chi connectivity index (χ1v) is 14.9. The van der Waals surface area contributed by atoms with Gasteiger partial charge in [0.25, 0.3) is 0 Å². The normalized spacial score (nSPS) is 12.9. The van der Waals surface area contributed by atoms with Gasteiger partial charge in [0, 0.05) is 42.1 Å². The monoisotopic (exact) mass is 547 g/mol. The number of hydrogen-bond acceptors (Lipinski definition) is 6. The summed E-state index contributed by atoms with van der Waals surface area (Å²) in [5.74, 6) is 1.50. The Labute approximate surface area is 239 Å². The average molecular weight is 548 g/mol. The average Bonchev–Trinajstić information content (AvgIpc) is 3.38. The second-order valence-corrected chi connectivity index (χ2v) is 12.6. The number of hydrogen-bond donors (Lipinski definition) is 1. The molecule has 210 valence electrons. The highest BCUT2D eigenvalue weighted by Crippen LogP contribution is 2.33. The molecule has 1 N–H and O–H groups in total. The van der Waals surface area contributed by atoms with Gasteiger partial charge in [-0.2, -0.15) is 5.26 Å². The molecule has 2 aromatic carbocycles. The topological polar surface area (TPSA) is 61.4 Å². The maximum Gasteiger partial charge on any atom is 0.134 e. The van der Waals surface area contributed by atoms with Gasteiger partial charge in [-0.25, -0.2) is 0 Å². The third-order valence-corrected chi connectivity index (χ3v) is 7.83. The molecule has 0 aliphatic heterocycles. The Morgan fingerprint density at radius 2 is 1.64 bits per heavy atom. The standard InChI is InChI=1S/C33H45N3O2S/c1-9-18-36(19-10-2)28-14-13-25-21-27(12-11-26(25)22-28)30-16-15-29(38-30)24(3)31(23-34)39-35-33(7,8)17-20-37-32(4,5)6/h11-16,21-22,35H,9-10,17-20H2,1-8H3/b31-24+. The van der Waals surface area contributed by atoms with Crippen LogP contribution in [-0.2, 0) is 4.74 Å². The molecule has 5 nitrogen and oxygen atoms in total. The molecule has 0 spiro atoms. The number of nitriles is 1. The predicted octanol–water partition coefficient (Wildman–Crippen LogP) is 9.20. The largest absolute Gasteiger partial charge is 0.456 e. The minimum Gasteiger partial charge on any atom is -0.456 e. The second kappa shape index (κ2) is 13.6.